The third-order valence-corrected chi connectivity index (χ3v) is 4.10. The molecule has 29 heavy (non-hydrogen) atoms. The smallest absolute Gasteiger partial charge is 0.287 e. The van der Waals surface area contributed by atoms with E-state index in [9.17, 15) is 14.4 Å². The molecule has 0 fully saturated rings. The molecule has 0 spiro atoms. The van der Waals surface area contributed by atoms with Gasteiger partial charge in [0.1, 0.15) is 11.5 Å². The number of carbonyl (C=O) groups is 3. The van der Waals surface area contributed by atoms with Crippen LogP contribution in [0.25, 0.3) is 11.3 Å². The lowest BCUT2D eigenvalue weighted by molar-refractivity contribution is -0.125. The molecule has 1 aromatic carbocycles. The van der Waals surface area contributed by atoms with Crippen LogP contribution >= 0.6 is 11.6 Å². The first-order valence-electron chi connectivity index (χ1n) is 8.71. The van der Waals surface area contributed by atoms with Crippen LogP contribution in [0, 0.1) is 0 Å². The molecule has 0 radical (unpaired) electrons. The number of amides is 3. The zero-order valence-corrected chi connectivity index (χ0v) is 16.0. The maximum atomic E-state index is 11.9. The van der Waals surface area contributed by atoms with Gasteiger partial charge < -0.3 is 24.8 Å². The van der Waals surface area contributed by atoms with Crippen molar-refractivity contribution < 1.29 is 23.2 Å². The molecule has 150 valence electrons. The van der Waals surface area contributed by atoms with E-state index < -0.39 is 11.8 Å². The SMILES string of the molecule is O=C(CNC(=O)CNC(=O)c1ccco1)NCc1ccc(-c2ccc(Cl)cc2)o1. The van der Waals surface area contributed by atoms with Crippen LogP contribution in [0.2, 0.25) is 5.02 Å². The van der Waals surface area contributed by atoms with Gasteiger partial charge >= 0.3 is 0 Å². The number of benzene rings is 1. The molecule has 0 saturated carbocycles. The predicted molar refractivity (Wildman–Crippen MR) is 105 cm³/mol. The van der Waals surface area contributed by atoms with Gasteiger partial charge in [0.15, 0.2) is 5.76 Å². The summed E-state index contributed by atoms with van der Waals surface area (Å²) in [5.41, 5.74) is 0.871. The topological polar surface area (TPSA) is 114 Å². The first-order chi connectivity index (χ1) is 14.0. The molecule has 9 heteroatoms. The van der Waals surface area contributed by atoms with E-state index in [-0.39, 0.29) is 31.3 Å². The highest BCUT2D eigenvalue weighted by Gasteiger charge is 2.11. The number of rotatable bonds is 8. The number of hydrogen-bond donors (Lipinski definition) is 3. The van der Waals surface area contributed by atoms with Gasteiger partial charge in [0.05, 0.1) is 25.9 Å². The lowest BCUT2D eigenvalue weighted by Gasteiger charge is -2.06. The second-order valence-corrected chi connectivity index (χ2v) is 6.42. The van der Waals surface area contributed by atoms with Crippen LogP contribution < -0.4 is 16.0 Å². The summed E-state index contributed by atoms with van der Waals surface area (Å²) in [7, 11) is 0. The van der Waals surface area contributed by atoms with E-state index in [1.54, 1.807) is 30.3 Å². The van der Waals surface area contributed by atoms with Crippen molar-refractivity contribution in [2.45, 2.75) is 6.54 Å². The van der Waals surface area contributed by atoms with E-state index in [4.69, 9.17) is 20.4 Å². The Labute approximate surface area is 171 Å². The summed E-state index contributed by atoms with van der Waals surface area (Å²) in [6.07, 6.45) is 1.36. The highest BCUT2D eigenvalue weighted by Crippen LogP contribution is 2.23. The highest BCUT2D eigenvalue weighted by atomic mass is 35.5. The molecule has 0 atom stereocenters. The molecule has 2 heterocycles. The lowest BCUT2D eigenvalue weighted by atomic mass is 10.2. The van der Waals surface area contributed by atoms with Crippen molar-refractivity contribution >= 4 is 29.3 Å². The zero-order chi connectivity index (χ0) is 20.6. The normalized spacial score (nSPS) is 10.4. The molecule has 0 unspecified atom stereocenters. The summed E-state index contributed by atoms with van der Waals surface area (Å²) in [5.74, 6) is -0.0639. The minimum atomic E-state index is -0.510. The lowest BCUT2D eigenvalue weighted by Crippen LogP contribution is -2.41. The van der Waals surface area contributed by atoms with Gasteiger partial charge in [-0.25, -0.2) is 0 Å². The number of hydrogen-bond acceptors (Lipinski definition) is 5. The molecule has 8 nitrogen and oxygen atoms in total. The first kappa shape index (κ1) is 20.2. The number of halogens is 1. The van der Waals surface area contributed by atoms with E-state index in [1.165, 1.54) is 12.3 Å². The van der Waals surface area contributed by atoms with E-state index in [2.05, 4.69) is 16.0 Å². The average molecular weight is 416 g/mol. The molecule has 3 rings (SSSR count). The van der Waals surface area contributed by atoms with Gasteiger partial charge in [-0.3, -0.25) is 14.4 Å². The van der Waals surface area contributed by atoms with Crippen LogP contribution in [0.15, 0.2) is 63.6 Å². The zero-order valence-electron chi connectivity index (χ0n) is 15.2. The van der Waals surface area contributed by atoms with Crippen molar-refractivity contribution in [1.29, 1.82) is 0 Å². The van der Waals surface area contributed by atoms with Gasteiger partial charge in [-0.2, -0.15) is 0 Å². The fourth-order valence-electron chi connectivity index (χ4n) is 2.39. The number of carbonyl (C=O) groups excluding carboxylic acids is 3. The Morgan fingerprint density at radius 3 is 2.31 bits per heavy atom. The van der Waals surface area contributed by atoms with Crippen LogP contribution in [-0.2, 0) is 16.1 Å². The van der Waals surface area contributed by atoms with Crippen molar-refractivity contribution in [3.05, 3.63) is 71.3 Å². The molecular formula is C20H18ClN3O5. The molecule has 0 saturated heterocycles. The summed E-state index contributed by atoms with van der Waals surface area (Å²) in [5, 5.41) is 8.08. The van der Waals surface area contributed by atoms with Crippen molar-refractivity contribution in [3.63, 3.8) is 0 Å². The predicted octanol–water partition coefficient (Wildman–Crippen LogP) is 2.36. The largest absolute Gasteiger partial charge is 0.459 e. The summed E-state index contributed by atoms with van der Waals surface area (Å²) in [6.45, 7) is -0.312. The summed E-state index contributed by atoms with van der Waals surface area (Å²) >= 11 is 5.87. The molecule has 0 bridgehead atoms. The average Bonchev–Trinajstić information content (AvgIpc) is 3.41. The van der Waals surface area contributed by atoms with Crippen molar-refractivity contribution in [2.75, 3.05) is 13.1 Å². The fraction of sp³-hybridized carbons (Fsp3) is 0.150. The summed E-state index contributed by atoms with van der Waals surface area (Å²) < 4.78 is 10.6. The third kappa shape index (κ3) is 5.98. The molecule has 3 aromatic rings. The van der Waals surface area contributed by atoms with Gasteiger partial charge in [0.25, 0.3) is 5.91 Å². The number of furan rings is 2. The highest BCUT2D eigenvalue weighted by molar-refractivity contribution is 6.30. The molecular weight excluding hydrogens is 398 g/mol. The minimum absolute atomic E-state index is 0.104. The Bertz CT molecular complexity index is 980. The molecule has 0 aliphatic heterocycles. The van der Waals surface area contributed by atoms with Crippen LogP contribution in [0.5, 0.6) is 0 Å². The second-order valence-electron chi connectivity index (χ2n) is 5.99. The molecule has 3 N–H and O–H groups in total. The maximum absolute atomic E-state index is 11.9. The Kier molecular flexibility index (Phi) is 6.70. The van der Waals surface area contributed by atoms with Gasteiger partial charge in [-0.05, 0) is 48.5 Å². The van der Waals surface area contributed by atoms with Gasteiger partial charge in [0.2, 0.25) is 11.8 Å². The molecule has 0 aliphatic rings. The van der Waals surface area contributed by atoms with Crippen LogP contribution in [-0.4, -0.2) is 30.8 Å². The molecule has 3 amide bonds. The first-order valence-corrected chi connectivity index (χ1v) is 9.09. The monoisotopic (exact) mass is 415 g/mol. The Morgan fingerprint density at radius 1 is 0.862 bits per heavy atom. The Morgan fingerprint density at radius 2 is 1.59 bits per heavy atom. The van der Waals surface area contributed by atoms with Crippen molar-refractivity contribution in [2.24, 2.45) is 0 Å². The Hall–Kier alpha value is -3.52. The van der Waals surface area contributed by atoms with Crippen LogP contribution in [0.1, 0.15) is 16.3 Å². The van der Waals surface area contributed by atoms with Crippen LogP contribution in [0.3, 0.4) is 0 Å². The van der Waals surface area contributed by atoms with Gasteiger partial charge in [-0.1, -0.05) is 11.6 Å². The Balaban J connectivity index is 1.37. The minimum Gasteiger partial charge on any atom is -0.459 e. The standard InChI is InChI=1S/C20H18ClN3O5/c21-14-5-3-13(4-6-14)16-8-7-15(29-16)10-22-18(25)11-23-19(26)12-24-20(27)17-2-1-9-28-17/h1-9H,10-12H2,(H,22,25)(H,23,26)(H,24,27). The quantitative estimate of drug-likeness (QED) is 0.522. The third-order valence-electron chi connectivity index (χ3n) is 3.85. The summed E-state index contributed by atoms with van der Waals surface area (Å²) in [4.78, 5) is 35.2. The maximum Gasteiger partial charge on any atom is 0.287 e. The van der Waals surface area contributed by atoms with E-state index in [1.807, 2.05) is 12.1 Å². The van der Waals surface area contributed by atoms with E-state index in [0.29, 0.717) is 16.5 Å². The van der Waals surface area contributed by atoms with E-state index >= 15 is 0 Å². The van der Waals surface area contributed by atoms with Crippen molar-refractivity contribution in [1.82, 2.24) is 16.0 Å². The van der Waals surface area contributed by atoms with Gasteiger partial charge in [0, 0.05) is 10.6 Å². The van der Waals surface area contributed by atoms with Gasteiger partial charge in [-0.15, -0.1) is 0 Å². The van der Waals surface area contributed by atoms with Crippen LogP contribution in [0.4, 0.5) is 0 Å². The van der Waals surface area contributed by atoms with Crippen molar-refractivity contribution in [3.8, 4) is 11.3 Å². The number of nitrogens with one attached hydrogen (secondary N) is 3. The second kappa shape index (κ2) is 9.61. The fourth-order valence-corrected chi connectivity index (χ4v) is 2.51. The molecule has 2 aromatic heterocycles. The molecule has 0 aliphatic carbocycles. The van der Waals surface area contributed by atoms with E-state index in [0.717, 1.165) is 5.56 Å². The summed E-state index contributed by atoms with van der Waals surface area (Å²) in [6, 6.07) is 13.8.